The number of thioether (sulfide) groups is 1. The first kappa shape index (κ1) is 15.3. The molecule has 0 aliphatic rings. The third-order valence-electron chi connectivity index (χ3n) is 2.16. The molecule has 1 aromatic rings. The van der Waals surface area contributed by atoms with E-state index in [-0.39, 0.29) is 11.6 Å². The molecule has 0 aliphatic heterocycles. The predicted octanol–water partition coefficient (Wildman–Crippen LogP) is 1.14. The van der Waals surface area contributed by atoms with Crippen molar-refractivity contribution in [3.63, 3.8) is 0 Å². The smallest absolute Gasteiger partial charge is 0.327 e. The zero-order valence-corrected chi connectivity index (χ0v) is 10.9. The van der Waals surface area contributed by atoms with Gasteiger partial charge in [-0.05, 0) is 24.3 Å². The summed E-state index contributed by atoms with van der Waals surface area (Å²) >= 11 is 1.35. The molecule has 1 atom stereocenters. The molecule has 0 fully saturated rings. The van der Waals surface area contributed by atoms with Gasteiger partial charge >= 0.3 is 5.97 Å². The summed E-state index contributed by atoms with van der Waals surface area (Å²) in [6.45, 7) is 0.379. The number of benzene rings is 1. The number of hydrogen-bond donors (Lipinski definition) is 2. The molecule has 0 bridgehead atoms. The summed E-state index contributed by atoms with van der Waals surface area (Å²) in [5.74, 6) is -0.00413. The van der Waals surface area contributed by atoms with Crippen molar-refractivity contribution < 1.29 is 23.8 Å². The van der Waals surface area contributed by atoms with Gasteiger partial charge in [-0.25, -0.2) is 9.18 Å². The summed E-state index contributed by atoms with van der Waals surface area (Å²) in [5.41, 5.74) is 0. The Bertz CT molecular complexity index is 413. The number of carboxylic acids is 1. The molecule has 1 aromatic carbocycles. The van der Waals surface area contributed by atoms with Gasteiger partial charge in [-0.15, -0.1) is 0 Å². The molecular weight excluding hydrogens is 273 g/mol. The summed E-state index contributed by atoms with van der Waals surface area (Å²) in [6, 6.07) is 4.75. The number of aliphatic carboxylic acids is 1. The predicted molar refractivity (Wildman–Crippen MR) is 69.8 cm³/mol. The Hall–Kier alpha value is -1.76. The SMILES string of the molecule is O=CNC(CSCCOc1ccc(F)cc1)C(=O)O. The standard InChI is InChI=1S/C12H14FNO4S/c13-9-1-3-10(4-2-9)18-5-6-19-7-11(12(16)17)14-8-15/h1-4,8,11H,5-7H2,(H,14,15)(H,16,17). The zero-order valence-electron chi connectivity index (χ0n) is 10.0. The number of rotatable bonds is 9. The highest BCUT2D eigenvalue weighted by Crippen LogP contribution is 2.12. The van der Waals surface area contributed by atoms with Crippen LogP contribution >= 0.6 is 11.8 Å². The first-order valence-corrected chi connectivity index (χ1v) is 6.67. The summed E-state index contributed by atoms with van der Waals surface area (Å²) in [5, 5.41) is 11.0. The minimum atomic E-state index is -1.07. The van der Waals surface area contributed by atoms with Gasteiger partial charge in [0, 0.05) is 11.5 Å². The summed E-state index contributed by atoms with van der Waals surface area (Å²) in [6.07, 6.45) is 0.369. The molecule has 0 aliphatic carbocycles. The van der Waals surface area contributed by atoms with E-state index in [0.29, 0.717) is 24.5 Å². The van der Waals surface area contributed by atoms with E-state index in [1.165, 1.54) is 36.0 Å². The maximum Gasteiger partial charge on any atom is 0.327 e. The third-order valence-corrected chi connectivity index (χ3v) is 3.19. The molecule has 0 aromatic heterocycles. The van der Waals surface area contributed by atoms with E-state index in [9.17, 15) is 14.0 Å². The van der Waals surface area contributed by atoms with Crippen molar-refractivity contribution in [2.24, 2.45) is 0 Å². The molecule has 1 unspecified atom stereocenters. The number of carbonyl (C=O) groups excluding carboxylic acids is 1. The lowest BCUT2D eigenvalue weighted by molar-refractivity contribution is -0.139. The van der Waals surface area contributed by atoms with E-state index in [0.717, 1.165) is 0 Å². The topological polar surface area (TPSA) is 75.6 Å². The third kappa shape index (κ3) is 6.10. The number of carbonyl (C=O) groups is 2. The molecule has 0 radical (unpaired) electrons. The number of amides is 1. The van der Waals surface area contributed by atoms with E-state index in [1.54, 1.807) is 0 Å². The molecule has 0 heterocycles. The molecule has 1 rings (SSSR count). The normalized spacial score (nSPS) is 11.6. The van der Waals surface area contributed by atoms with Gasteiger partial charge in [-0.3, -0.25) is 4.79 Å². The van der Waals surface area contributed by atoms with E-state index < -0.39 is 12.0 Å². The van der Waals surface area contributed by atoms with Crippen LogP contribution in [-0.2, 0) is 9.59 Å². The van der Waals surface area contributed by atoms with Crippen LogP contribution in [0.5, 0.6) is 5.75 Å². The van der Waals surface area contributed by atoms with Gasteiger partial charge in [0.25, 0.3) is 0 Å². The van der Waals surface area contributed by atoms with Gasteiger partial charge in [-0.2, -0.15) is 11.8 Å². The molecule has 5 nitrogen and oxygen atoms in total. The second-order valence-electron chi connectivity index (χ2n) is 3.55. The van der Waals surface area contributed by atoms with Crippen molar-refractivity contribution in [3.8, 4) is 5.75 Å². The van der Waals surface area contributed by atoms with Crippen LogP contribution in [0.15, 0.2) is 24.3 Å². The Balaban J connectivity index is 2.18. The molecule has 1 amide bonds. The fourth-order valence-electron chi connectivity index (χ4n) is 1.22. The molecule has 2 N–H and O–H groups in total. The maximum absolute atomic E-state index is 12.6. The van der Waals surface area contributed by atoms with Gasteiger partial charge < -0.3 is 15.2 Å². The monoisotopic (exact) mass is 287 g/mol. The summed E-state index contributed by atoms with van der Waals surface area (Å²) in [4.78, 5) is 20.9. The molecular formula is C12H14FNO4S. The fraction of sp³-hybridized carbons (Fsp3) is 0.333. The molecule has 0 spiro atoms. The van der Waals surface area contributed by atoms with Crippen LogP contribution in [0.4, 0.5) is 4.39 Å². The summed E-state index contributed by atoms with van der Waals surface area (Å²) < 4.78 is 18.0. The van der Waals surface area contributed by atoms with E-state index in [4.69, 9.17) is 9.84 Å². The minimum absolute atomic E-state index is 0.265. The molecule has 0 saturated heterocycles. The molecule has 0 saturated carbocycles. The minimum Gasteiger partial charge on any atom is -0.493 e. The van der Waals surface area contributed by atoms with Gasteiger partial charge in [-0.1, -0.05) is 0 Å². The van der Waals surface area contributed by atoms with Crippen molar-refractivity contribution in [3.05, 3.63) is 30.1 Å². The second kappa shape index (κ2) is 8.36. The number of nitrogens with one attached hydrogen (secondary N) is 1. The van der Waals surface area contributed by atoms with Crippen LogP contribution in [0.1, 0.15) is 0 Å². The molecule has 7 heteroatoms. The van der Waals surface area contributed by atoms with E-state index in [1.807, 2.05) is 0 Å². The zero-order chi connectivity index (χ0) is 14.1. The van der Waals surface area contributed by atoms with Crippen molar-refractivity contribution >= 4 is 24.1 Å². The maximum atomic E-state index is 12.6. The number of carboxylic acid groups (broad SMARTS) is 1. The number of ether oxygens (including phenoxy) is 1. The highest BCUT2D eigenvalue weighted by atomic mass is 32.2. The van der Waals surface area contributed by atoms with Gasteiger partial charge in [0.2, 0.25) is 6.41 Å². The van der Waals surface area contributed by atoms with Crippen LogP contribution in [-0.4, -0.2) is 41.6 Å². The number of halogens is 1. The molecule has 19 heavy (non-hydrogen) atoms. The van der Waals surface area contributed by atoms with Crippen LogP contribution in [0.3, 0.4) is 0 Å². The van der Waals surface area contributed by atoms with E-state index >= 15 is 0 Å². The second-order valence-corrected chi connectivity index (χ2v) is 4.70. The Morgan fingerprint density at radius 2 is 2.16 bits per heavy atom. The van der Waals surface area contributed by atoms with Crippen LogP contribution < -0.4 is 10.1 Å². The fourth-order valence-corrected chi connectivity index (χ4v) is 2.07. The van der Waals surface area contributed by atoms with Gasteiger partial charge in [0.05, 0.1) is 6.61 Å². The van der Waals surface area contributed by atoms with Crippen LogP contribution in [0.25, 0.3) is 0 Å². The van der Waals surface area contributed by atoms with Crippen LogP contribution in [0.2, 0.25) is 0 Å². The average Bonchev–Trinajstić information content (AvgIpc) is 2.39. The number of hydrogen-bond acceptors (Lipinski definition) is 4. The lowest BCUT2D eigenvalue weighted by Gasteiger charge is -2.10. The van der Waals surface area contributed by atoms with Crippen LogP contribution in [0, 0.1) is 5.82 Å². The van der Waals surface area contributed by atoms with Crippen molar-refractivity contribution in [2.45, 2.75) is 6.04 Å². The largest absolute Gasteiger partial charge is 0.493 e. The molecule has 104 valence electrons. The quantitative estimate of drug-likeness (QED) is 0.526. The lowest BCUT2D eigenvalue weighted by Crippen LogP contribution is -2.38. The lowest BCUT2D eigenvalue weighted by atomic mass is 10.3. The first-order valence-electron chi connectivity index (χ1n) is 5.52. The van der Waals surface area contributed by atoms with Crippen molar-refractivity contribution in [1.29, 1.82) is 0 Å². The summed E-state index contributed by atoms with van der Waals surface area (Å²) in [7, 11) is 0. The van der Waals surface area contributed by atoms with Gasteiger partial charge in [0.15, 0.2) is 0 Å². The average molecular weight is 287 g/mol. The van der Waals surface area contributed by atoms with E-state index in [2.05, 4.69) is 5.32 Å². The Kier molecular flexibility index (Phi) is 6.73. The Morgan fingerprint density at radius 3 is 2.74 bits per heavy atom. The van der Waals surface area contributed by atoms with Gasteiger partial charge in [0.1, 0.15) is 17.6 Å². The highest BCUT2D eigenvalue weighted by molar-refractivity contribution is 7.99. The highest BCUT2D eigenvalue weighted by Gasteiger charge is 2.15. The van der Waals surface area contributed by atoms with Crippen molar-refractivity contribution in [2.75, 3.05) is 18.1 Å². The van der Waals surface area contributed by atoms with Crippen molar-refractivity contribution in [1.82, 2.24) is 5.32 Å². The Labute approximate surface area is 114 Å². The Morgan fingerprint density at radius 1 is 1.47 bits per heavy atom. The first-order chi connectivity index (χ1) is 9.13.